The normalized spacial score (nSPS) is 17.0. The van der Waals surface area contributed by atoms with Crippen LogP contribution in [0.1, 0.15) is 24.5 Å². The fourth-order valence-electron chi connectivity index (χ4n) is 3.18. The SMILES string of the molecule is CCc1cccc(C)c1NC(=O)[C@H]1CC(=O)N(c2ccc(Cl)cc2)C1. The van der Waals surface area contributed by atoms with Crippen LogP contribution < -0.4 is 10.2 Å². The number of nitrogens with one attached hydrogen (secondary N) is 1. The van der Waals surface area contributed by atoms with Crippen LogP contribution >= 0.6 is 11.6 Å². The van der Waals surface area contributed by atoms with Crippen molar-refractivity contribution in [2.24, 2.45) is 5.92 Å². The van der Waals surface area contributed by atoms with Crippen molar-refractivity contribution in [1.29, 1.82) is 0 Å². The second kappa shape index (κ2) is 7.28. The lowest BCUT2D eigenvalue weighted by Gasteiger charge is -2.18. The van der Waals surface area contributed by atoms with E-state index in [4.69, 9.17) is 11.6 Å². The number of benzene rings is 2. The molecule has 0 bridgehead atoms. The molecule has 2 aromatic rings. The van der Waals surface area contributed by atoms with Crippen LogP contribution in [0.5, 0.6) is 0 Å². The topological polar surface area (TPSA) is 49.4 Å². The van der Waals surface area contributed by atoms with E-state index < -0.39 is 0 Å². The fourth-order valence-corrected chi connectivity index (χ4v) is 3.31. The summed E-state index contributed by atoms with van der Waals surface area (Å²) in [4.78, 5) is 26.7. The third kappa shape index (κ3) is 3.69. The summed E-state index contributed by atoms with van der Waals surface area (Å²) in [6.07, 6.45) is 1.07. The summed E-state index contributed by atoms with van der Waals surface area (Å²) in [6, 6.07) is 13.1. The Balaban J connectivity index is 1.74. The van der Waals surface area contributed by atoms with E-state index in [0.29, 0.717) is 11.6 Å². The summed E-state index contributed by atoms with van der Waals surface area (Å²) in [5.74, 6) is -0.496. The summed E-state index contributed by atoms with van der Waals surface area (Å²) >= 11 is 5.90. The van der Waals surface area contributed by atoms with Crippen molar-refractivity contribution in [3.63, 3.8) is 0 Å². The molecule has 2 aromatic carbocycles. The first-order chi connectivity index (χ1) is 12.0. The van der Waals surface area contributed by atoms with Crippen LogP contribution in [-0.4, -0.2) is 18.4 Å². The molecule has 1 heterocycles. The molecule has 1 fully saturated rings. The maximum Gasteiger partial charge on any atom is 0.229 e. The summed E-state index contributed by atoms with van der Waals surface area (Å²) in [5.41, 5.74) is 3.78. The van der Waals surface area contributed by atoms with Crippen molar-refractivity contribution in [3.05, 3.63) is 58.6 Å². The number of para-hydroxylation sites is 1. The summed E-state index contributed by atoms with van der Waals surface area (Å²) in [7, 11) is 0. The first kappa shape index (κ1) is 17.5. The number of rotatable bonds is 4. The molecule has 0 aromatic heterocycles. The quantitative estimate of drug-likeness (QED) is 0.892. The number of amides is 2. The van der Waals surface area contributed by atoms with Crippen LogP contribution in [0.4, 0.5) is 11.4 Å². The van der Waals surface area contributed by atoms with Crippen LogP contribution in [-0.2, 0) is 16.0 Å². The number of anilines is 2. The molecule has 1 aliphatic rings. The molecule has 5 heteroatoms. The second-order valence-corrected chi connectivity index (χ2v) is 6.77. The number of hydrogen-bond donors (Lipinski definition) is 1. The van der Waals surface area contributed by atoms with Gasteiger partial charge in [0.1, 0.15) is 0 Å². The summed E-state index contributed by atoms with van der Waals surface area (Å²) < 4.78 is 0. The number of carbonyl (C=O) groups is 2. The second-order valence-electron chi connectivity index (χ2n) is 6.33. The molecular formula is C20H21ClN2O2. The Morgan fingerprint density at radius 3 is 2.64 bits per heavy atom. The van der Waals surface area contributed by atoms with Crippen LogP contribution in [0.25, 0.3) is 0 Å². The van der Waals surface area contributed by atoms with Gasteiger partial charge in [-0.1, -0.05) is 36.7 Å². The maximum absolute atomic E-state index is 12.7. The highest BCUT2D eigenvalue weighted by Gasteiger charge is 2.35. The highest BCUT2D eigenvalue weighted by molar-refractivity contribution is 6.30. The van der Waals surface area contributed by atoms with E-state index in [1.54, 1.807) is 29.2 Å². The van der Waals surface area contributed by atoms with Crippen molar-refractivity contribution >= 4 is 34.8 Å². The third-order valence-corrected chi connectivity index (χ3v) is 4.87. The first-order valence-electron chi connectivity index (χ1n) is 8.45. The molecule has 1 N–H and O–H groups in total. The van der Waals surface area contributed by atoms with Crippen molar-refractivity contribution < 1.29 is 9.59 Å². The maximum atomic E-state index is 12.7. The fraction of sp³-hybridized carbons (Fsp3) is 0.300. The minimum Gasteiger partial charge on any atom is -0.325 e. The molecule has 25 heavy (non-hydrogen) atoms. The number of hydrogen-bond acceptors (Lipinski definition) is 2. The lowest BCUT2D eigenvalue weighted by Crippen LogP contribution is -2.28. The van der Waals surface area contributed by atoms with E-state index in [1.807, 2.05) is 25.1 Å². The van der Waals surface area contributed by atoms with E-state index in [2.05, 4.69) is 12.2 Å². The van der Waals surface area contributed by atoms with Gasteiger partial charge in [0.15, 0.2) is 0 Å². The Kier molecular flexibility index (Phi) is 5.09. The third-order valence-electron chi connectivity index (χ3n) is 4.62. The highest BCUT2D eigenvalue weighted by atomic mass is 35.5. The average Bonchev–Trinajstić information content (AvgIpc) is 2.99. The zero-order chi connectivity index (χ0) is 18.0. The van der Waals surface area contributed by atoms with Crippen molar-refractivity contribution in [2.75, 3.05) is 16.8 Å². The largest absolute Gasteiger partial charge is 0.325 e. The van der Waals surface area contributed by atoms with Crippen molar-refractivity contribution in [1.82, 2.24) is 0 Å². The molecular weight excluding hydrogens is 336 g/mol. The molecule has 2 amide bonds. The monoisotopic (exact) mass is 356 g/mol. The molecule has 0 aliphatic carbocycles. The van der Waals surface area contributed by atoms with Gasteiger partial charge in [0.25, 0.3) is 0 Å². The lowest BCUT2D eigenvalue weighted by molar-refractivity contribution is -0.122. The molecule has 1 atom stereocenters. The zero-order valence-corrected chi connectivity index (χ0v) is 15.1. The predicted octanol–water partition coefficient (Wildman–Crippen LogP) is 4.20. The van der Waals surface area contributed by atoms with Gasteiger partial charge < -0.3 is 10.2 Å². The number of carbonyl (C=O) groups excluding carboxylic acids is 2. The van der Waals surface area contributed by atoms with E-state index in [9.17, 15) is 9.59 Å². The van der Waals surface area contributed by atoms with Gasteiger partial charge in [-0.2, -0.15) is 0 Å². The minimum atomic E-state index is -0.354. The molecule has 0 saturated carbocycles. The molecule has 1 saturated heterocycles. The van der Waals surface area contributed by atoms with Gasteiger partial charge in [0.2, 0.25) is 11.8 Å². The highest BCUT2D eigenvalue weighted by Crippen LogP contribution is 2.28. The Bertz CT molecular complexity index is 802. The van der Waals surface area contributed by atoms with Gasteiger partial charge in [0, 0.05) is 29.4 Å². The van der Waals surface area contributed by atoms with E-state index in [1.165, 1.54) is 0 Å². The van der Waals surface area contributed by atoms with Gasteiger partial charge in [0.05, 0.1) is 5.92 Å². The standard InChI is InChI=1S/C20H21ClN2O2/c1-3-14-6-4-5-13(2)19(14)22-20(25)15-11-18(24)23(12-15)17-9-7-16(21)8-10-17/h4-10,15H,3,11-12H2,1-2H3,(H,22,25)/t15-/m0/s1. The minimum absolute atomic E-state index is 0.0389. The zero-order valence-electron chi connectivity index (χ0n) is 14.4. The van der Waals surface area contributed by atoms with Gasteiger partial charge in [-0.05, 0) is 48.7 Å². The Morgan fingerprint density at radius 1 is 1.24 bits per heavy atom. The molecule has 0 unspecified atom stereocenters. The molecule has 3 rings (SSSR count). The molecule has 0 spiro atoms. The van der Waals surface area contributed by atoms with Gasteiger partial charge >= 0.3 is 0 Å². The Morgan fingerprint density at radius 2 is 1.96 bits per heavy atom. The van der Waals surface area contributed by atoms with Gasteiger partial charge in [-0.25, -0.2) is 0 Å². The smallest absolute Gasteiger partial charge is 0.229 e. The summed E-state index contributed by atoms with van der Waals surface area (Å²) in [5, 5.41) is 3.66. The molecule has 0 radical (unpaired) electrons. The molecule has 4 nitrogen and oxygen atoms in total. The van der Waals surface area contributed by atoms with Crippen molar-refractivity contribution in [3.8, 4) is 0 Å². The first-order valence-corrected chi connectivity index (χ1v) is 8.82. The number of aryl methyl sites for hydroxylation is 2. The Labute approximate surface area is 152 Å². The lowest BCUT2D eigenvalue weighted by atomic mass is 10.0. The van der Waals surface area contributed by atoms with E-state index in [0.717, 1.165) is 28.9 Å². The van der Waals surface area contributed by atoms with Gasteiger partial charge in [-0.3, -0.25) is 9.59 Å². The van der Waals surface area contributed by atoms with Crippen LogP contribution in [0.3, 0.4) is 0 Å². The Hall–Kier alpha value is -2.33. The average molecular weight is 357 g/mol. The molecule has 130 valence electrons. The molecule has 1 aliphatic heterocycles. The number of halogens is 1. The van der Waals surface area contributed by atoms with Crippen LogP contribution in [0.2, 0.25) is 5.02 Å². The van der Waals surface area contributed by atoms with E-state index >= 15 is 0 Å². The number of nitrogens with zero attached hydrogens (tertiary/aromatic N) is 1. The van der Waals surface area contributed by atoms with Crippen LogP contribution in [0, 0.1) is 12.8 Å². The van der Waals surface area contributed by atoms with Crippen molar-refractivity contribution in [2.45, 2.75) is 26.7 Å². The van der Waals surface area contributed by atoms with Gasteiger partial charge in [-0.15, -0.1) is 0 Å². The van der Waals surface area contributed by atoms with Crippen LogP contribution in [0.15, 0.2) is 42.5 Å². The van der Waals surface area contributed by atoms with E-state index in [-0.39, 0.29) is 24.2 Å². The predicted molar refractivity (Wildman–Crippen MR) is 101 cm³/mol. The summed E-state index contributed by atoms with van der Waals surface area (Å²) in [6.45, 7) is 4.43.